The van der Waals surface area contributed by atoms with E-state index in [-0.39, 0.29) is 12.0 Å². The van der Waals surface area contributed by atoms with Gasteiger partial charge in [0.25, 0.3) is 5.91 Å². The first-order chi connectivity index (χ1) is 11.7. The van der Waals surface area contributed by atoms with E-state index in [0.29, 0.717) is 42.7 Å². The Morgan fingerprint density at radius 3 is 3.04 bits per heavy atom. The van der Waals surface area contributed by atoms with Crippen molar-refractivity contribution in [3.05, 3.63) is 23.3 Å². The molecule has 2 N–H and O–H groups in total. The quantitative estimate of drug-likeness (QED) is 0.874. The molecule has 132 valence electrons. The van der Waals surface area contributed by atoms with Crippen molar-refractivity contribution < 1.29 is 19.0 Å². The number of aryl methyl sites for hydroxylation is 1. The topological polar surface area (TPSA) is 68.8 Å². The smallest absolute Gasteiger partial charge is 0.255 e. The first-order valence-electron chi connectivity index (χ1n) is 8.61. The summed E-state index contributed by atoms with van der Waals surface area (Å²) in [6.07, 6.45) is 1.94. The summed E-state index contributed by atoms with van der Waals surface area (Å²) in [6, 6.07) is 3.78. The molecule has 6 heteroatoms. The number of rotatable bonds is 4. The lowest BCUT2D eigenvalue weighted by molar-refractivity contribution is 0.0338. The fraction of sp³-hybridized carbons (Fsp3) is 0.611. The molecule has 0 aliphatic carbocycles. The van der Waals surface area contributed by atoms with Crippen LogP contribution in [0.4, 0.5) is 0 Å². The predicted octanol–water partition coefficient (Wildman–Crippen LogP) is 1.51. The van der Waals surface area contributed by atoms with Crippen LogP contribution in [0.2, 0.25) is 0 Å². The largest absolute Gasteiger partial charge is 0.490 e. The van der Waals surface area contributed by atoms with Gasteiger partial charge in [0.1, 0.15) is 0 Å². The van der Waals surface area contributed by atoms with E-state index in [1.54, 1.807) is 7.11 Å². The maximum absolute atomic E-state index is 12.7. The summed E-state index contributed by atoms with van der Waals surface area (Å²) >= 11 is 0. The van der Waals surface area contributed by atoms with Gasteiger partial charge in [-0.25, -0.2) is 0 Å². The fourth-order valence-corrected chi connectivity index (χ4v) is 3.29. The Bertz CT molecular complexity index is 591. The molecular formula is C18H26N2O4. The highest BCUT2D eigenvalue weighted by Crippen LogP contribution is 2.34. The standard InChI is InChI=1S/C18H26N2O4/c1-12-8-14(17-15(9-12)23-6-3-7-24-17)18(21)20-10-13-4-5-19-11-16(13)22-2/h8-9,13,16,19H,3-7,10-11H2,1-2H3,(H,20,21)/t13-,16+/m0/s1. The number of amides is 1. The molecule has 6 nitrogen and oxygen atoms in total. The Balaban J connectivity index is 1.71. The zero-order chi connectivity index (χ0) is 16.9. The monoisotopic (exact) mass is 334 g/mol. The fourth-order valence-electron chi connectivity index (χ4n) is 3.29. The van der Waals surface area contributed by atoms with Crippen molar-refractivity contribution in [2.45, 2.75) is 25.9 Å². The maximum atomic E-state index is 12.7. The molecule has 3 rings (SSSR count). The van der Waals surface area contributed by atoms with E-state index < -0.39 is 0 Å². The first kappa shape index (κ1) is 17.0. The number of methoxy groups -OCH3 is 1. The molecule has 1 amide bonds. The van der Waals surface area contributed by atoms with E-state index in [0.717, 1.165) is 31.5 Å². The molecule has 1 fully saturated rings. The van der Waals surface area contributed by atoms with Gasteiger partial charge in [-0.3, -0.25) is 4.79 Å². The van der Waals surface area contributed by atoms with E-state index in [1.165, 1.54) is 0 Å². The zero-order valence-electron chi connectivity index (χ0n) is 14.4. The summed E-state index contributed by atoms with van der Waals surface area (Å²) in [5.41, 5.74) is 1.54. The third-order valence-electron chi connectivity index (χ3n) is 4.63. The summed E-state index contributed by atoms with van der Waals surface area (Å²) in [6.45, 7) is 5.52. The summed E-state index contributed by atoms with van der Waals surface area (Å²) in [5, 5.41) is 6.36. The van der Waals surface area contributed by atoms with Crippen LogP contribution in [0.1, 0.15) is 28.8 Å². The van der Waals surface area contributed by atoms with Crippen LogP contribution in [0.15, 0.2) is 12.1 Å². The van der Waals surface area contributed by atoms with Crippen molar-refractivity contribution in [3.63, 3.8) is 0 Å². The van der Waals surface area contributed by atoms with Crippen LogP contribution in [0.25, 0.3) is 0 Å². The van der Waals surface area contributed by atoms with Crippen LogP contribution in [-0.2, 0) is 4.74 Å². The van der Waals surface area contributed by atoms with Gasteiger partial charge in [0.2, 0.25) is 0 Å². The van der Waals surface area contributed by atoms with Crippen LogP contribution in [0.3, 0.4) is 0 Å². The van der Waals surface area contributed by atoms with Gasteiger partial charge in [0.15, 0.2) is 11.5 Å². The van der Waals surface area contributed by atoms with E-state index >= 15 is 0 Å². The molecule has 2 aliphatic heterocycles. The van der Waals surface area contributed by atoms with Crippen LogP contribution in [-0.4, -0.2) is 52.0 Å². The van der Waals surface area contributed by atoms with E-state index in [9.17, 15) is 4.79 Å². The second-order valence-electron chi connectivity index (χ2n) is 6.43. The van der Waals surface area contributed by atoms with E-state index in [1.807, 2.05) is 19.1 Å². The molecule has 0 spiro atoms. The summed E-state index contributed by atoms with van der Waals surface area (Å²) < 4.78 is 17.0. The summed E-state index contributed by atoms with van der Waals surface area (Å²) in [7, 11) is 1.72. The highest BCUT2D eigenvalue weighted by Gasteiger charge is 2.26. The Kier molecular flexibility index (Phi) is 5.58. The number of benzene rings is 1. The minimum Gasteiger partial charge on any atom is -0.490 e. The average molecular weight is 334 g/mol. The number of nitrogens with one attached hydrogen (secondary N) is 2. The molecule has 0 saturated carbocycles. The molecule has 2 heterocycles. The molecule has 1 aromatic carbocycles. The number of fused-ring (bicyclic) bond motifs is 1. The Morgan fingerprint density at radius 2 is 2.21 bits per heavy atom. The Hall–Kier alpha value is -1.79. The van der Waals surface area contributed by atoms with Crippen LogP contribution in [0.5, 0.6) is 11.5 Å². The number of hydrogen-bond donors (Lipinski definition) is 2. The number of hydrogen-bond acceptors (Lipinski definition) is 5. The second kappa shape index (κ2) is 7.85. The third-order valence-corrected chi connectivity index (χ3v) is 4.63. The molecule has 0 radical (unpaired) electrons. The minimum absolute atomic E-state index is 0.117. The van der Waals surface area contributed by atoms with Crippen LogP contribution < -0.4 is 20.1 Å². The molecule has 2 aliphatic rings. The van der Waals surface area contributed by atoms with Gasteiger partial charge in [-0.15, -0.1) is 0 Å². The van der Waals surface area contributed by atoms with Crippen molar-refractivity contribution in [3.8, 4) is 11.5 Å². The zero-order valence-corrected chi connectivity index (χ0v) is 14.4. The van der Waals surface area contributed by atoms with Crippen LogP contribution in [0, 0.1) is 12.8 Å². The highest BCUT2D eigenvalue weighted by atomic mass is 16.5. The number of piperidine rings is 1. The van der Waals surface area contributed by atoms with Gasteiger partial charge < -0.3 is 24.8 Å². The third kappa shape index (κ3) is 3.82. The minimum atomic E-state index is -0.117. The molecule has 0 bridgehead atoms. The lowest BCUT2D eigenvalue weighted by Crippen LogP contribution is -2.46. The van der Waals surface area contributed by atoms with Crippen molar-refractivity contribution in [2.75, 3.05) is 40.0 Å². The lowest BCUT2D eigenvalue weighted by Gasteiger charge is -2.31. The van der Waals surface area contributed by atoms with Crippen molar-refractivity contribution >= 4 is 5.91 Å². The molecule has 1 aromatic rings. The highest BCUT2D eigenvalue weighted by molar-refractivity contribution is 5.98. The lowest BCUT2D eigenvalue weighted by atomic mass is 9.94. The molecule has 1 saturated heterocycles. The SMILES string of the molecule is CO[C@@H]1CNCC[C@H]1CNC(=O)c1cc(C)cc2c1OCCCO2. The molecular weight excluding hydrogens is 308 g/mol. The normalized spacial score (nSPS) is 23.4. The summed E-state index contributed by atoms with van der Waals surface area (Å²) in [4.78, 5) is 12.7. The van der Waals surface area contributed by atoms with Crippen molar-refractivity contribution in [2.24, 2.45) is 5.92 Å². The van der Waals surface area contributed by atoms with Gasteiger partial charge in [0.05, 0.1) is 24.9 Å². The molecule has 0 aromatic heterocycles. The van der Waals surface area contributed by atoms with Gasteiger partial charge in [-0.05, 0) is 37.6 Å². The second-order valence-corrected chi connectivity index (χ2v) is 6.43. The molecule has 0 unspecified atom stereocenters. The van der Waals surface area contributed by atoms with Crippen molar-refractivity contribution in [1.29, 1.82) is 0 Å². The van der Waals surface area contributed by atoms with E-state index in [2.05, 4.69) is 10.6 Å². The number of ether oxygens (including phenoxy) is 3. The molecule has 24 heavy (non-hydrogen) atoms. The predicted molar refractivity (Wildman–Crippen MR) is 90.9 cm³/mol. The van der Waals surface area contributed by atoms with Gasteiger partial charge in [-0.1, -0.05) is 0 Å². The van der Waals surface area contributed by atoms with Crippen LogP contribution >= 0.6 is 0 Å². The first-order valence-corrected chi connectivity index (χ1v) is 8.61. The number of carbonyl (C=O) groups is 1. The summed E-state index contributed by atoms with van der Waals surface area (Å²) in [5.74, 6) is 1.42. The maximum Gasteiger partial charge on any atom is 0.255 e. The Labute approximate surface area is 142 Å². The van der Waals surface area contributed by atoms with E-state index in [4.69, 9.17) is 14.2 Å². The Morgan fingerprint density at radius 1 is 1.38 bits per heavy atom. The number of carbonyl (C=O) groups excluding carboxylic acids is 1. The van der Waals surface area contributed by atoms with Gasteiger partial charge in [-0.2, -0.15) is 0 Å². The average Bonchev–Trinajstić information content (AvgIpc) is 2.84. The van der Waals surface area contributed by atoms with Crippen molar-refractivity contribution in [1.82, 2.24) is 10.6 Å². The van der Waals surface area contributed by atoms with Gasteiger partial charge in [0, 0.05) is 32.5 Å². The molecule has 2 atom stereocenters. The van der Waals surface area contributed by atoms with Gasteiger partial charge >= 0.3 is 0 Å².